The Bertz CT molecular complexity index is 1160. The van der Waals surface area contributed by atoms with Crippen LogP contribution in [0.4, 0.5) is 8.78 Å². The molecule has 26 heavy (non-hydrogen) atoms. The normalized spacial score (nSPS) is 13.5. The van der Waals surface area contributed by atoms with Gasteiger partial charge in [0.05, 0.1) is 23.1 Å². The van der Waals surface area contributed by atoms with Crippen LogP contribution in [0.25, 0.3) is 33.4 Å². The molecule has 0 unspecified atom stereocenters. The van der Waals surface area contributed by atoms with E-state index < -0.39 is 11.6 Å². The molecule has 0 atom stereocenters. The second kappa shape index (κ2) is 5.49. The van der Waals surface area contributed by atoms with E-state index in [4.69, 9.17) is 4.98 Å². The van der Waals surface area contributed by atoms with Crippen LogP contribution in [0.3, 0.4) is 0 Å². The summed E-state index contributed by atoms with van der Waals surface area (Å²) in [5.41, 5.74) is 3.71. The van der Waals surface area contributed by atoms with E-state index in [2.05, 4.69) is 14.8 Å². The second-order valence-corrected chi connectivity index (χ2v) is 6.69. The Balaban J connectivity index is 1.79. The van der Waals surface area contributed by atoms with Crippen LogP contribution in [0.1, 0.15) is 17.8 Å². The number of nitrogens with zero attached hydrogens (tertiary/aromatic N) is 3. The zero-order valence-electron chi connectivity index (χ0n) is 14.2. The SMILES string of the molecule is Cc1c(F)ccc(-c2nc3n(c2-c2ccc4[nH]ncc4c2)CCC3)c1F. The molecule has 4 aromatic rings. The molecule has 2 aromatic heterocycles. The van der Waals surface area contributed by atoms with Crippen LogP contribution >= 0.6 is 0 Å². The molecule has 0 fully saturated rings. The van der Waals surface area contributed by atoms with Crippen molar-refractivity contribution in [2.45, 2.75) is 26.3 Å². The standard InChI is InChI=1S/C20H16F2N4/c1-11-15(21)6-5-14(18(11)22)19-20(26-8-2-3-17(26)24-19)12-4-7-16-13(9-12)10-23-25-16/h4-7,9-10H,2-3,8H2,1H3,(H,23,25). The minimum Gasteiger partial charge on any atom is -0.327 e. The molecule has 0 saturated carbocycles. The minimum absolute atomic E-state index is 0.0203. The van der Waals surface area contributed by atoms with Gasteiger partial charge in [0.25, 0.3) is 0 Å². The molecule has 0 spiro atoms. The lowest BCUT2D eigenvalue weighted by atomic mass is 10.0. The third kappa shape index (κ3) is 2.11. The highest BCUT2D eigenvalue weighted by Crippen LogP contribution is 2.38. The average Bonchev–Trinajstić information content (AvgIpc) is 3.34. The number of H-pyrrole nitrogens is 1. The van der Waals surface area contributed by atoms with Crippen LogP contribution in [-0.2, 0) is 13.0 Å². The van der Waals surface area contributed by atoms with E-state index in [1.807, 2.05) is 18.2 Å². The Labute approximate surface area is 148 Å². The van der Waals surface area contributed by atoms with Crippen molar-refractivity contribution in [1.29, 1.82) is 0 Å². The van der Waals surface area contributed by atoms with Crippen LogP contribution in [0.15, 0.2) is 36.5 Å². The lowest BCUT2D eigenvalue weighted by Gasteiger charge is -2.11. The maximum atomic E-state index is 14.8. The molecule has 6 heteroatoms. The van der Waals surface area contributed by atoms with E-state index in [-0.39, 0.29) is 5.56 Å². The zero-order valence-corrected chi connectivity index (χ0v) is 14.2. The third-order valence-electron chi connectivity index (χ3n) is 5.12. The molecule has 1 aliphatic heterocycles. The number of imidazole rings is 1. The Kier molecular flexibility index (Phi) is 3.22. The Morgan fingerprint density at radius 1 is 1.15 bits per heavy atom. The number of halogens is 2. The summed E-state index contributed by atoms with van der Waals surface area (Å²) >= 11 is 0. The molecule has 0 amide bonds. The van der Waals surface area contributed by atoms with Crippen LogP contribution in [-0.4, -0.2) is 19.7 Å². The molecule has 4 nitrogen and oxygen atoms in total. The van der Waals surface area contributed by atoms with Crippen molar-refractivity contribution in [3.05, 3.63) is 59.6 Å². The van der Waals surface area contributed by atoms with Gasteiger partial charge in [-0.1, -0.05) is 6.07 Å². The molecule has 5 rings (SSSR count). The maximum Gasteiger partial charge on any atom is 0.138 e. The predicted octanol–water partition coefficient (Wildman–Crippen LogP) is 4.63. The molecule has 1 aliphatic rings. The Hall–Kier alpha value is -3.02. The van der Waals surface area contributed by atoms with Gasteiger partial charge in [-0.25, -0.2) is 13.8 Å². The predicted molar refractivity (Wildman–Crippen MR) is 95.7 cm³/mol. The van der Waals surface area contributed by atoms with E-state index in [1.54, 1.807) is 6.20 Å². The number of rotatable bonds is 2. The summed E-state index contributed by atoms with van der Waals surface area (Å²) in [6, 6.07) is 8.76. The average molecular weight is 350 g/mol. The van der Waals surface area contributed by atoms with Crippen molar-refractivity contribution < 1.29 is 8.78 Å². The highest BCUT2D eigenvalue weighted by molar-refractivity contribution is 5.87. The van der Waals surface area contributed by atoms with Gasteiger partial charge in [-0.05, 0) is 37.6 Å². The first-order valence-corrected chi connectivity index (χ1v) is 8.61. The Morgan fingerprint density at radius 2 is 2.04 bits per heavy atom. The summed E-state index contributed by atoms with van der Waals surface area (Å²) in [6.45, 7) is 2.30. The lowest BCUT2D eigenvalue weighted by molar-refractivity contribution is 0.570. The molecule has 130 valence electrons. The van der Waals surface area contributed by atoms with Gasteiger partial charge in [0.1, 0.15) is 17.5 Å². The fraction of sp³-hybridized carbons (Fsp3) is 0.200. The number of hydrogen-bond donors (Lipinski definition) is 1. The minimum atomic E-state index is -0.549. The molecule has 0 aliphatic carbocycles. The van der Waals surface area contributed by atoms with Crippen molar-refractivity contribution in [3.63, 3.8) is 0 Å². The largest absolute Gasteiger partial charge is 0.327 e. The summed E-state index contributed by atoms with van der Waals surface area (Å²) < 4.78 is 30.7. The van der Waals surface area contributed by atoms with Gasteiger partial charge in [-0.3, -0.25) is 5.10 Å². The van der Waals surface area contributed by atoms with Gasteiger partial charge in [0.2, 0.25) is 0 Å². The summed E-state index contributed by atoms with van der Waals surface area (Å²) in [7, 11) is 0. The summed E-state index contributed by atoms with van der Waals surface area (Å²) in [6.07, 6.45) is 3.65. The van der Waals surface area contributed by atoms with E-state index in [0.717, 1.165) is 47.4 Å². The fourth-order valence-electron chi connectivity index (χ4n) is 3.74. The van der Waals surface area contributed by atoms with Gasteiger partial charge < -0.3 is 4.57 Å². The first-order chi connectivity index (χ1) is 12.6. The quantitative estimate of drug-likeness (QED) is 0.573. The molecular formula is C20H16F2N4. The van der Waals surface area contributed by atoms with Crippen molar-refractivity contribution in [2.24, 2.45) is 0 Å². The monoisotopic (exact) mass is 350 g/mol. The summed E-state index contributed by atoms with van der Waals surface area (Å²) in [4.78, 5) is 4.71. The van der Waals surface area contributed by atoms with Crippen molar-refractivity contribution in [1.82, 2.24) is 19.7 Å². The highest BCUT2D eigenvalue weighted by Gasteiger charge is 2.25. The molecule has 0 bridgehead atoms. The van der Waals surface area contributed by atoms with Crippen LogP contribution in [0, 0.1) is 18.6 Å². The number of aryl methyl sites for hydroxylation is 1. The van der Waals surface area contributed by atoms with E-state index in [1.165, 1.54) is 19.1 Å². The number of hydrogen-bond acceptors (Lipinski definition) is 2. The lowest BCUT2D eigenvalue weighted by Crippen LogP contribution is -1.98. The van der Waals surface area contributed by atoms with Gasteiger partial charge in [-0.15, -0.1) is 0 Å². The smallest absolute Gasteiger partial charge is 0.138 e. The molecule has 2 aromatic carbocycles. The molecular weight excluding hydrogens is 334 g/mol. The molecule has 0 radical (unpaired) electrons. The zero-order chi connectivity index (χ0) is 17.8. The Morgan fingerprint density at radius 3 is 2.92 bits per heavy atom. The summed E-state index contributed by atoms with van der Waals surface area (Å²) in [5.74, 6) is -0.143. The third-order valence-corrected chi connectivity index (χ3v) is 5.12. The number of benzene rings is 2. The topological polar surface area (TPSA) is 46.5 Å². The number of fused-ring (bicyclic) bond motifs is 2. The number of aromatic amines is 1. The van der Waals surface area contributed by atoms with Gasteiger partial charge in [0.15, 0.2) is 0 Å². The second-order valence-electron chi connectivity index (χ2n) is 6.69. The number of nitrogens with one attached hydrogen (secondary N) is 1. The number of aromatic nitrogens is 4. The fourth-order valence-corrected chi connectivity index (χ4v) is 3.74. The molecule has 3 heterocycles. The van der Waals surface area contributed by atoms with Gasteiger partial charge >= 0.3 is 0 Å². The van der Waals surface area contributed by atoms with Crippen molar-refractivity contribution >= 4 is 10.9 Å². The van der Waals surface area contributed by atoms with Crippen LogP contribution < -0.4 is 0 Å². The first-order valence-electron chi connectivity index (χ1n) is 8.61. The van der Waals surface area contributed by atoms with Gasteiger partial charge in [0, 0.05) is 35.0 Å². The molecule has 1 N–H and O–H groups in total. The molecule has 0 saturated heterocycles. The highest BCUT2D eigenvalue weighted by atomic mass is 19.1. The first kappa shape index (κ1) is 15.3. The van der Waals surface area contributed by atoms with E-state index >= 15 is 0 Å². The van der Waals surface area contributed by atoms with E-state index in [9.17, 15) is 8.78 Å². The van der Waals surface area contributed by atoms with Crippen molar-refractivity contribution in [2.75, 3.05) is 0 Å². The summed E-state index contributed by atoms with van der Waals surface area (Å²) in [5, 5.41) is 7.99. The van der Waals surface area contributed by atoms with E-state index in [0.29, 0.717) is 11.3 Å². The van der Waals surface area contributed by atoms with Crippen LogP contribution in [0.2, 0.25) is 0 Å². The van der Waals surface area contributed by atoms with Gasteiger partial charge in [-0.2, -0.15) is 5.10 Å². The van der Waals surface area contributed by atoms with Crippen molar-refractivity contribution in [3.8, 4) is 22.5 Å². The van der Waals surface area contributed by atoms with Crippen LogP contribution in [0.5, 0.6) is 0 Å². The maximum absolute atomic E-state index is 14.8.